The van der Waals surface area contributed by atoms with Crippen LogP contribution in [0.1, 0.15) is 24.0 Å². The van der Waals surface area contributed by atoms with E-state index >= 15 is 0 Å². The van der Waals surface area contributed by atoms with Crippen LogP contribution in [0, 0.1) is 0 Å². The van der Waals surface area contributed by atoms with Crippen LogP contribution in [0.25, 0.3) is 0 Å². The SMILES string of the molecule is CC(CNc1cnccn1)c1ccc(C(F)(F)F)cc1. The minimum Gasteiger partial charge on any atom is -0.368 e. The van der Waals surface area contributed by atoms with Gasteiger partial charge in [-0.1, -0.05) is 19.1 Å². The molecule has 0 aliphatic carbocycles. The van der Waals surface area contributed by atoms with Gasteiger partial charge in [-0.2, -0.15) is 13.2 Å². The number of nitrogens with one attached hydrogen (secondary N) is 1. The van der Waals surface area contributed by atoms with Gasteiger partial charge in [0.2, 0.25) is 0 Å². The van der Waals surface area contributed by atoms with Crippen LogP contribution >= 0.6 is 0 Å². The minimum absolute atomic E-state index is 0.0688. The van der Waals surface area contributed by atoms with Gasteiger partial charge in [0.1, 0.15) is 5.82 Å². The summed E-state index contributed by atoms with van der Waals surface area (Å²) in [4.78, 5) is 7.99. The lowest BCUT2D eigenvalue weighted by molar-refractivity contribution is -0.137. The topological polar surface area (TPSA) is 37.8 Å². The molecule has 6 heteroatoms. The Morgan fingerprint density at radius 2 is 1.85 bits per heavy atom. The molecule has 2 rings (SSSR count). The van der Waals surface area contributed by atoms with Crippen molar-refractivity contribution in [3.05, 3.63) is 54.0 Å². The summed E-state index contributed by atoms with van der Waals surface area (Å²) in [6.07, 6.45) is 0.453. The van der Waals surface area contributed by atoms with E-state index in [-0.39, 0.29) is 5.92 Å². The van der Waals surface area contributed by atoms with E-state index in [1.165, 1.54) is 12.1 Å². The zero-order chi connectivity index (χ0) is 14.6. The summed E-state index contributed by atoms with van der Waals surface area (Å²) >= 11 is 0. The van der Waals surface area contributed by atoms with Crippen molar-refractivity contribution in [1.29, 1.82) is 0 Å². The second-order valence-electron chi connectivity index (χ2n) is 4.49. The summed E-state index contributed by atoms with van der Waals surface area (Å²) in [5.41, 5.74) is 0.213. The third-order valence-corrected chi connectivity index (χ3v) is 2.96. The van der Waals surface area contributed by atoms with Gasteiger partial charge in [-0.05, 0) is 23.6 Å². The molecule has 106 valence electrons. The molecule has 1 heterocycles. The molecule has 1 N–H and O–H groups in total. The number of benzene rings is 1. The van der Waals surface area contributed by atoms with Crippen LogP contribution in [0.5, 0.6) is 0 Å². The molecule has 0 saturated heterocycles. The number of rotatable bonds is 4. The number of hydrogen-bond acceptors (Lipinski definition) is 3. The normalized spacial score (nSPS) is 13.0. The van der Waals surface area contributed by atoms with Gasteiger partial charge in [-0.25, -0.2) is 4.98 Å². The van der Waals surface area contributed by atoms with Gasteiger partial charge in [0.15, 0.2) is 0 Å². The molecule has 3 nitrogen and oxygen atoms in total. The third-order valence-electron chi connectivity index (χ3n) is 2.96. The third kappa shape index (κ3) is 3.69. The first-order valence-electron chi connectivity index (χ1n) is 6.14. The first-order valence-corrected chi connectivity index (χ1v) is 6.14. The van der Waals surface area contributed by atoms with E-state index in [1.807, 2.05) is 6.92 Å². The number of aromatic nitrogens is 2. The molecule has 1 aromatic carbocycles. The van der Waals surface area contributed by atoms with Crippen molar-refractivity contribution in [3.8, 4) is 0 Å². The number of anilines is 1. The summed E-state index contributed by atoms with van der Waals surface area (Å²) in [7, 11) is 0. The molecule has 2 aromatic rings. The van der Waals surface area contributed by atoms with Gasteiger partial charge in [0.05, 0.1) is 11.8 Å². The first-order chi connectivity index (χ1) is 9.47. The van der Waals surface area contributed by atoms with Crippen molar-refractivity contribution in [3.63, 3.8) is 0 Å². The fraction of sp³-hybridized carbons (Fsp3) is 0.286. The van der Waals surface area contributed by atoms with Crippen LogP contribution in [0.3, 0.4) is 0 Å². The van der Waals surface area contributed by atoms with Crippen LogP contribution in [-0.4, -0.2) is 16.5 Å². The van der Waals surface area contributed by atoms with E-state index in [0.29, 0.717) is 12.4 Å². The van der Waals surface area contributed by atoms with Crippen LogP contribution in [-0.2, 0) is 6.18 Å². The Bertz CT molecular complexity index is 538. The maximum atomic E-state index is 12.5. The van der Waals surface area contributed by atoms with Gasteiger partial charge in [0.25, 0.3) is 0 Å². The highest BCUT2D eigenvalue weighted by Gasteiger charge is 2.30. The van der Waals surface area contributed by atoms with Crippen molar-refractivity contribution in [2.45, 2.75) is 19.0 Å². The summed E-state index contributed by atoms with van der Waals surface area (Å²) < 4.78 is 37.4. The fourth-order valence-electron chi connectivity index (χ4n) is 1.77. The van der Waals surface area contributed by atoms with Crippen LogP contribution in [0.2, 0.25) is 0 Å². The van der Waals surface area contributed by atoms with E-state index in [4.69, 9.17) is 0 Å². The highest BCUT2D eigenvalue weighted by atomic mass is 19.4. The van der Waals surface area contributed by atoms with E-state index in [0.717, 1.165) is 17.7 Å². The molecule has 0 amide bonds. The Morgan fingerprint density at radius 1 is 1.15 bits per heavy atom. The molecule has 1 unspecified atom stereocenters. The molecule has 0 fully saturated rings. The van der Waals surface area contributed by atoms with Crippen LogP contribution < -0.4 is 5.32 Å². The lowest BCUT2D eigenvalue weighted by atomic mass is 10.00. The second-order valence-corrected chi connectivity index (χ2v) is 4.49. The zero-order valence-corrected chi connectivity index (χ0v) is 10.9. The monoisotopic (exact) mass is 281 g/mol. The molecule has 0 aliphatic heterocycles. The lowest BCUT2D eigenvalue weighted by Gasteiger charge is -2.14. The summed E-state index contributed by atoms with van der Waals surface area (Å²) in [5.74, 6) is 0.713. The number of halogens is 3. The predicted octanol–water partition coefficient (Wildman–Crippen LogP) is 3.71. The van der Waals surface area contributed by atoms with E-state index in [9.17, 15) is 13.2 Å². The molecular formula is C14H14F3N3. The molecule has 0 bridgehead atoms. The Morgan fingerprint density at radius 3 is 2.40 bits per heavy atom. The van der Waals surface area contributed by atoms with Gasteiger partial charge in [0, 0.05) is 18.9 Å². The molecule has 0 spiro atoms. The van der Waals surface area contributed by atoms with Gasteiger partial charge < -0.3 is 5.32 Å². The van der Waals surface area contributed by atoms with Crippen molar-refractivity contribution in [1.82, 2.24) is 9.97 Å². The standard InChI is InChI=1S/C14H14F3N3/c1-10(8-20-13-9-18-6-7-19-13)11-2-4-12(5-3-11)14(15,16)17/h2-7,9-10H,8H2,1H3,(H,19,20). The van der Waals surface area contributed by atoms with E-state index in [2.05, 4.69) is 15.3 Å². The molecule has 20 heavy (non-hydrogen) atoms. The van der Waals surface area contributed by atoms with Crippen molar-refractivity contribution >= 4 is 5.82 Å². The van der Waals surface area contributed by atoms with Gasteiger partial charge >= 0.3 is 6.18 Å². The molecule has 0 aliphatic rings. The Hall–Kier alpha value is -2.11. The Labute approximate surface area is 114 Å². The molecular weight excluding hydrogens is 267 g/mol. The first kappa shape index (κ1) is 14.3. The van der Waals surface area contributed by atoms with Crippen molar-refractivity contribution in [2.24, 2.45) is 0 Å². The van der Waals surface area contributed by atoms with Gasteiger partial charge in [-0.3, -0.25) is 4.98 Å². The Kier molecular flexibility index (Phi) is 4.22. The highest BCUT2D eigenvalue weighted by molar-refractivity contribution is 5.32. The number of nitrogens with zero attached hydrogens (tertiary/aromatic N) is 2. The quantitative estimate of drug-likeness (QED) is 0.928. The van der Waals surface area contributed by atoms with Crippen molar-refractivity contribution < 1.29 is 13.2 Å². The average Bonchev–Trinajstić information content (AvgIpc) is 2.45. The zero-order valence-electron chi connectivity index (χ0n) is 10.9. The Balaban J connectivity index is 1.97. The van der Waals surface area contributed by atoms with Crippen LogP contribution in [0.15, 0.2) is 42.9 Å². The number of hydrogen-bond donors (Lipinski definition) is 1. The van der Waals surface area contributed by atoms with Crippen molar-refractivity contribution in [2.75, 3.05) is 11.9 Å². The van der Waals surface area contributed by atoms with E-state index < -0.39 is 11.7 Å². The summed E-state index contributed by atoms with van der Waals surface area (Å²) in [6.45, 7) is 2.51. The molecule has 1 aromatic heterocycles. The minimum atomic E-state index is -4.29. The summed E-state index contributed by atoms with van der Waals surface area (Å²) in [5, 5.41) is 3.09. The molecule has 1 atom stereocenters. The fourth-order valence-corrected chi connectivity index (χ4v) is 1.77. The largest absolute Gasteiger partial charge is 0.416 e. The maximum absolute atomic E-state index is 12.5. The van der Waals surface area contributed by atoms with Crippen LogP contribution in [0.4, 0.5) is 19.0 Å². The second kappa shape index (κ2) is 5.90. The maximum Gasteiger partial charge on any atom is 0.416 e. The number of alkyl halides is 3. The smallest absolute Gasteiger partial charge is 0.368 e. The van der Waals surface area contributed by atoms with E-state index in [1.54, 1.807) is 18.6 Å². The average molecular weight is 281 g/mol. The lowest BCUT2D eigenvalue weighted by Crippen LogP contribution is -2.11. The predicted molar refractivity (Wildman–Crippen MR) is 70.4 cm³/mol. The highest BCUT2D eigenvalue weighted by Crippen LogP contribution is 2.30. The molecule has 0 saturated carbocycles. The molecule has 0 radical (unpaired) electrons. The summed E-state index contributed by atoms with van der Waals surface area (Å²) in [6, 6.07) is 5.22. The van der Waals surface area contributed by atoms with Gasteiger partial charge in [-0.15, -0.1) is 0 Å².